The summed E-state index contributed by atoms with van der Waals surface area (Å²) in [6.45, 7) is 0.314. The summed E-state index contributed by atoms with van der Waals surface area (Å²) in [4.78, 5) is 21.9. The molecule has 3 aromatic carbocycles. The molecule has 0 heterocycles. The lowest BCUT2D eigenvalue weighted by Crippen LogP contribution is -2.04. The van der Waals surface area contributed by atoms with Gasteiger partial charge in [0, 0.05) is 0 Å². The van der Waals surface area contributed by atoms with Gasteiger partial charge in [0.2, 0.25) is 0 Å². The molecule has 3 aromatic rings. The van der Waals surface area contributed by atoms with Crippen LogP contribution >= 0.6 is 0 Å². The number of esters is 1. The summed E-state index contributed by atoms with van der Waals surface area (Å²) >= 11 is 0. The lowest BCUT2D eigenvalue weighted by molar-refractivity contribution is 0.0472. The van der Waals surface area contributed by atoms with Gasteiger partial charge in [-0.3, -0.25) is 0 Å². The van der Waals surface area contributed by atoms with Gasteiger partial charge in [0.25, 0.3) is 0 Å². The molecular formula is C21H18O5. The number of para-hydroxylation sites is 1. The van der Waals surface area contributed by atoms with Gasteiger partial charge < -0.3 is 14.9 Å². The number of aromatic carboxylic acids is 1. The SMILES string of the molecule is O=C(O)c1ccccc1O.O=C(OCc1ccccc1)c1ccccc1. The molecule has 0 radical (unpaired) electrons. The van der Waals surface area contributed by atoms with Gasteiger partial charge in [0.05, 0.1) is 5.56 Å². The van der Waals surface area contributed by atoms with E-state index in [1.54, 1.807) is 24.3 Å². The van der Waals surface area contributed by atoms with Crippen LogP contribution in [0.3, 0.4) is 0 Å². The molecule has 0 fully saturated rings. The van der Waals surface area contributed by atoms with Crippen molar-refractivity contribution < 1.29 is 24.5 Å². The average Bonchev–Trinajstić information content (AvgIpc) is 2.68. The Bertz CT molecular complexity index is 845. The fourth-order valence-electron chi connectivity index (χ4n) is 2.04. The molecule has 0 spiro atoms. The van der Waals surface area contributed by atoms with E-state index in [0.717, 1.165) is 5.56 Å². The predicted octanol–water partition coefficient (Wildman–Crippen LogP) is 4.13. The quantitative estimate of drug-likeness (QED) is 0.691. The van der Waals surface area contributed by atoms with Gasteiger partial charge in [0.15, 0.2) is 0 Å². The number of rotatable bonds is 4. The third-order valence-corrected chi connectivity index (χ3v) is 3.36. The first-order valence-electron chi connectivity index (χ1n) is 7.85. The summed E-state index contributed by atoms with van der Waals surface area (Å²) in [6.07, 6.45) is 0. The molecule has 2 N–H and O–H groups in total. The number of carboxylic acid groups (broad SMARTS) is 1. The monoisotopic (exact) mass is 350 g/mol. The van der Waals surface area contributed by atoms with Crippen molar-refractivity contribution in [2.45, 2.75) is 6.61 Å². The molecule has 0 saturated heterocycles. The Morgan fingerprint density at radius 1 is 0.769 bits per heavy atom. The number of benzene rings is 3. The number of carboxylic acids is 1. The van der Waals surface area contributed by atoms with Crippen LogP contribution in [0.1, 0.15) is 26.3 Å². The van der Waals surface area contributed by atoms with E-state index in [1.807, 2.05) is 48.5 Å². The van der Waals surface area contributed by atoms with E-state index in [-0.39, 0.29) is 17.3 Å². The Hall–Kier alpha value is -3.60. The highest BCUT2D eigenvalue weighted by Gasteiger charge is 2.06. The molecule has 0 aliphatic rings. The van der Waals surface area contributed by atoms with Crippen LogP contribution in [0.5, 0.6) is 5.75 Å². The fourth-order valence-corrected chi connectivity index (χ4v) is 2.04. The predicted molar refractivity (Wildman–Crippen MR) is 97.1 cm³/mol. The molecule has 0 unspecified atom stereocenters. The molecule has 26 heavy (non-hydrogen) atoms. The zero-order chi connectivity index (χ0) is 18.8. The van der Waals surface area contributed by atoms with E-state index in [0.29, 0.717) is 12.2 Å². The van der Waals surface area contributed by atoms with Crippen LogP contribution in [0.15, 0.2) is 84.9 Å². The Morgan fingerprint density at radius 2 is 1.31 bits per heavy atom. The first kappa shape index (κ1) is 18.7. The fraction of sp³-hybridized carbons (Fsp3) is 0.0476. The van der Waals surface area contributed by atoms with Gasteiger partial charge >= 0.3 is 11.9 Å². The van der Waals surface area contributed by atoms with Crippen molar-refractivity contribution in [1.82, 2.24) is 0 Å². The van der Waals surface area contributed by atoms with Crippen LogP contribution in [0.2, 0.25) is 0 Å². The second kappa shape index (κ2) is 9.64. The highest BCUT2D eigenvalue weighted by atomic mass is 16.5. The molecule has 3 rings (SSSR count). The number of ether oxygens (including phenoxy) is 1. The summed E-state index contributed by atoms with van der Waals surface area (Å²) in [5.74, 6) is -1.60. The Morgan fingerprint density at radius 3 is 1.85 bits per heavy atom. The number of aromatic hydroxyl groups is 1. The first-order chi connectivity index (χ1) is 12.6. The minimum Gasteiger partial charge on any atom is -0.507 e. The van der Waals surface area contributed by atoms with Gasteiger partial charge in [0.1, 0.15) is 17.9 Å². The maximum atomic E-state index is 11.6. The zero-order valence-corrected chi connectivity index (χ0v) is 13.9. The van der Waals surface area contributed by atoms with E-state index in [4.69, 9.17) is 14.9 Å². The Kier molecular flexibility index (Phi) is 6.94. The minimum absolute atomic E-state index is 0.0671. The van der Waals surface area contributed by atoms with Crippen molar-refractivity contribution >= 4 is 11.9 Å². The number of hydrogen-bond donors (Lipinski definition) is 2. The third-order valence-electron chi connectivity index (χ3n) is 3.36. The highest BCUT2D eigenvalue weighted by molar-refractivity contribution is 5.90. The van der Waals surface area contributed by atoms with Crippen LogP contribution in [-0.4, -0.2) is 22.2 Å². The van der Waals surface area contributed by atoms with Gasteiger partial charge in [-0.25, -0.2) is 9.59 Å². The zero-order valence-electron chi connectivity index (χ0n) is 13.9. The Labute approximate surface area is 151 Å². The van der Waals surface area contributed by atoms with Crippen molar-refractivity contribution in [3.05, 3.63) is 102 Å². The van der Waals surface area contributed by atoms with Crippen LogP contribution in [0.25, 0.3) is 0 Å². The Balaban J connectivity index is 0.000000209. The van der Waals surface area contributed by atoms with E-state index in [1.165, 1.54) is 12.1 Å². The molecule has 0 aromatic heterocycles. The summed E-state index contributed by atoms with van der Waals surface area (Å²) < 4.78 is 5.18. The number of hydrogen-bond acceptors (Lipinski definition) is 4. The third kappa shape index (κ3) is 5.79. The second-order valence-electron chi connectivity index (χ2n) is 5.25. The molecule has 5 nitrogen and oxygen atoms in total. The summed E-state index contributed by atoms with van der Waals surface area (Å²) in [7, 11) is 0. The smallest absolute Gasteiger partial charge is 0.339 e. The van der Waals surface area contributed by atoms with Crippen LogP contribution in [0.4, 0.5) is 0 Å². The summed E-state index contributed by atoms with van der Waals surface area (Å²) in [5.41, 5.74) is 1.51. The largest absolute Gasteiger partial charge is 0.507 e. The first-order valence-corrected chi connectivity index (χ1v) is 7.85. The average molecular weight is 350 g/mol. The molecule has 0 aliphatic heterocycles. The lowest BCUT2D eigenvalue weighted by Gasteiger charge is -2.04. The number of phenols is 1. The van der Waals surface area contributed by atoms with Gasteiger partial charge in [-0.05, 0) is 29.8 Å². The number of carbonyl (C=O) groups excluding carboxylic acids is 1. The van der Waals surface area contributed by atoms with Crippen LogP contribution < -0.4 is 0 Å². The topological polar surface area (TPSA) is 83.8 Å². The minimum atomic E-state index is -1.11. The molecule has 0 amide bonds. The summed E-state index contributed by atoms with van der Waals surface area (Å²) in [5, 5.41) is 17.3. The molecule has 132 valence electrons. The van der Waals surface area contributed by atoms with Crippen molar-refractivity contribution in [3.8, 4) is 5.75 Å². The van der Waals surface area contributed by atoms with Crippen molar-refractivity contribution in [2.75, 3.05) is 0 Å². The maximum Gasteiger partial charge on any atom is 0.339 e. The number of carbonyl (C=O) groups is 2. The van der Waals surface area contributed by atoms with E-state index >= 15 is 0 Å². The van der Waals surface area contributed by atoms with E-state index in [2.05, 4.69) is 0 Å². The normalized spacial score (nSPS) is 9.54. The van der Waals surface area contributed by atoms with E-state index < -0.39 is 5.97 Å². The van der Waals surface area contributed by atoms with Crippen LogP contribution in [0, 0.1) is 0 Å². The molecular weight excluding hydrogens is 332 g/mol. The van der Waals surface area contributed by atoms with Crippen molar-refractivity contribution in [1.29, 1.82) is 0 Å². The van der Waals surface area contributed by atoms with Gasteiger partial charge in [-0.1, -0.05) is 60.7 Å². The van der Waals surface area contributed by atoms with Gasteiger partial charge in [-0.2, -0.15) is 0 Å². The molecule has 0 bridgehead atoms. The molecule has 0 saturated carbocycles. The lowest BCUT2D eigenvalue weighted by atomic mass is 10.2. The molecule has 0 aliphatic carbocycles. The van der Waals surface area contributed by atoms with Crippen molar-refractivity contribution in [3.63, 3.8) is 0 Å². The molecule has 5 heteroatoms. The van der Waals surface area contributed by atoms with Crippen molar-refractivity contribution in [2.24, 2.45) is 0 Å². The highest BCUT2D eigenvalue weighted by Crippen LogP contribution is 2.14. The molecule has 0 atom stereocenters. The van der Waals surface area contributed by atoms with Gasteiger partial charge in [-0.15, -0.1) is 0 Å². The standard InChI is InChI=1S/C14H12O2.C7H6O3/c15-14(13-9-5-2-6-10-13)16-11-12-7-3-1-4-8-12;8-6-4-2-1-3-5(6)7(9)10/h1-10H,11H2;1-4,8H,(H,9,10). The second-order valence-corrected chi connectivity index (χ2v) is 5.25. The summed E-state index contributed by atoms with van der Waals surface area (Å²) in [6, 6.07) is 24.4. The van der Waals surface area contributed by atoms with Crippen LogP contribution in [-0.2, 0) is 11.3 Å². The maximum absolute atomic E-state index is 11.6. The van der Waals surface area contributed by atoms with E-state index in [9.17, 15) is 9.59 Å².